The first-order valence-corrected chi connectivity index (χ1v) is 21.2. The van der Waals surface area contributed by atoms with E-state index in [1.54, 1.807) is 0 Å². The Morgan fingerprint density at radius 1 is 0.574 bits per heavy atom. The van der Waals surface area contributed by atoms with E-state index in [2.05, 4.69) is 10.6 Å². The molecule has 0 saturated carbocycles. The highest BCUT2D eigenvalue weighted by molar-refractivity contribution is 5.76. The summed E-state index contributed by atoms with van der Waals surface area (Å²) in [4.78, 5) is 37.7. The lowest BCUT2D eigenvalue weighted by Gasteiger charge is -2.51. The van der Waals surface area contributed by atoms with E-state index >= 15 is 0 Å². The van der Waals surface area contributed by atoms with Gasteiger partial charge in [0, 0.05) is 20.3 Å². The van der Waals surface area contributed by atoms with Crippen molar-refractivity contribution in [2.24, 2.45) is 0 Å². The molecular formula is C37H62N2O29. The fourth-order valence-corrected chi connectivity index (χ4v) is 8.53. The SMILES string of the molecule is CC(=O)N[C@H]1[C@H](O[C@H]2[C@@H](O)[C@@H](CO)O[C@@H](O[C@H]3[C@H](O)[C@@H](O)[C@@H](O)O[C@@H]3CO)[C@@H]2O)O[C@H](CO)[C@@H](O)[C@@H]1O[C@@H]1O[C@H](CO)[C@H](O)[C@H](O[C@]2(C(=O)O)C[C@H](O)[C@@H](NC(C)=O)[C@H]([C@H](O)[C@H](O)CO)O2)[C@H]1O. The summed E-state index contributed by atoms with van der Waals surface area (Å²) in [5.74, 6) is -6.99. The van der Waals surface area contributed by atoms with Gasteiger partial charge in [0.15, 0.2) is 25.2 Å². The molecule has 0 bridgehead atoms. The van der Waals surface area contributed by atoms with Gasteiger partial charge >= 0.3 is 5.97 Å². The molecule has 5 heterocycles. The third kappa shape index (κ3) is 11.8. The Morgan fingerprint density at radius 3 is 1.53 bits per heavy atom. The standard InChI is InChI=1S/C37H62N2O29/c1-9(45)38-17-11(47)3-37(36(58)59,67-29(17)19(49)12(48)4-40)68-31-22(52)15(7-43)63-35(26(31)56)65-28-18(39-10(2)46)33(61-13(5-41)20(28)50)66-30-21(51)14(6-42)62-34(25(30)55)64-27-16(8-44)60-32(57)24(54)23(27)53/h11-35,40-44,47-57H,3-8H2,1-2H3,(H,38,45)(H,39,46)(H,58,59)/t11-,12+,13+,14+,15+,16+,17+,18+,19+,20+,21-,22-,23+,24+,25+,26+,27+,28+,29+,30-,31-,32-,33-,34-,35-,37-/m0/s1. The molecule has 31 nitrogen and oxygen atoms in total. The molecule has 0 aliphatic carbocycles. The number of amides is 2. The minimum Gasteiger partial charge on any atom is -0.477 e. The third-order valence-electron chi connectivity index (χ3n) is 12.1. The van der Waals surface area contributed by atoms with Crippen LogP contribution in [0.4, 0.5) is 0 Å². The first-order chi connectivity index (χ1) is 32.0. The first-order valence-electron chi connectivity index (χ1n) is 21.2. The predicted molar refractivity (Wildman–Crippen MR) is 207 cm³/mol. The van der Waals surface area contributed by atoms with Crippen LogP contribution in [-0.4, -0.2) is 297 Å². The zero-order valence-corrected chi connectivity index (χ0v) is 36.2. The predicted octanol–water partition coefficient (Wildman–Crippen LogP) is -12.4. The third-order valence-corrected chi connectivity index (χ3v) is 12.1. The van der Waals surface area contributed by atoms with Gasteiger partial charge in [0.1, 0.15) is 116 Å². The Hall–Kier alpha value is -2.59. The molecule has 5 aliphatic rings. The van der Waals surface area contributed by atoms with Crippen molar-refractivity contribution >= 4 is 17.8 Å². The quantitative estimate of drug-likeness (QED) is 0.0606. The topological polar surface area (TPSA) is 502 Å². The summed E-state index contributed by atoms with van der Waals surface area (Å²) in [7, 11) is 0. The number of hydrogen-bond donors (Lipinski definition) is 19. The molecule has 68 heavy (non-hydrogen) atoms. The molecule has 0 aromatic rings. The second-order valence-corrected chi connectivity index (χ2v) is 16.8. The fraction of sp³-hybridized carbons (Fsp3) is 0.919. The molecule has 26 atom stereocenters. The van der Waals surface area contributed by atoms with Gasteiger partial charge < -0.3 is 140 Å². The molecule has 0 spiro atoms. The van der Waals surface area contributed by atoms with Crippen LogP contribution in [0.5, 0.6) is 0 Å². The molecule has 5 fully saturated rings. The Balaban J connectivity index is 1.45. The van der Waals surface area contributed by atoms with Crippen LogP contribution in [0.2, 0.25) is 0 Å². The van der Waals surface area contributed by atoms with Crippen LogP contribution >= 0.6 is 0 Å². The van der Waals surface area contributed by atoms with E-state index in [1.807, 2.05) is 0 Å². The smallest absolute Gasteiger partial charge is 0.364 e. The highest BCUT2D eigenvalue weighted by atomic mass is 16.8. The van der Waals surface area contributed by atoms with Gasteiger partial charge in [0.05, 0.1) is 45.2 Å². The molecular weight excluding hydrogens is 936 g/mol. The second-order valence-electron chi connectivity index (χ2n) is 16.8. The lowest BCUT2D eigenvalue weighted by molar-refractivity contribution is -0.389. The normalized spacial score (nSPS) is 46.6. The summed E-state index contributed by atoms with van der Waals surface area (Å²) in [5.41, 5.74) is 0. The number of aliphatic hydroxyl groups is 16. The van der Waals surface area contributed by atoms with E-state index in [-0.39, 0.29) is 0 Å². The molecule has 0 unspecified atom stereocenters. The number of carboxylic acids is 1. The lowest BCUT2D eigenvalue weighted by Crippen LogP contribution is -2.71. The van der Waals surface area contributed by atoms with Crippen molar-refractivity contribution in [3.8, 4) is 0 Å². The van der Waals surface area contributed by atoms with Crippen LogP contribution in [-0.2, 0) is 57.0 Å². The van der Waals surface area contributed by atoms with Crippen molar-refractivity contribution in [3.05, 3.63) is 0 Å². The van der Waals surface area contributed by atoms with Crippen LogP contribution in [0.3, 0.4) is 0 Å². The van der Waals surface area contributed by atoms with Crippen molar-refractivity contribution in [2.45, 2.75) is 179 Å². The molecule has 5 saturated heterocycles. The minimum absolute atomic E-state index is 0.818. The molecule has 5 aliphatic heterocycles. The zero-order chi connectivity index (χ0) is 50.7. The maximum absolute atomic E-state index is 13.0. The number of aliphatic hydroxyl groups excluding tert-OH is 16. The Kier molecular flexibility index (Phi) is 19.7. The number of nitrogens with one attached hydrogen (secondary N) is 2. The van der Waals surface area contributed by atoms with E-state index in [0.29, 0.717) is 0 Å². The average molecular weight is 999 g/mol. The van der Waals surface area contributed by atoms with Crippen molar-refractivity contribution in [2.75, 3.05) is 33.0 Å². The number of ether oxygens (including phenoxy) is 9. The van der Waals surface area contributed by atoms with Gasteiger partial charge in [-0.25, -0.2) is 4.79 Å². The van der Waals surface area contributed by atoms with E-state index in [1.165, 1.54) is 0 Å². The molecule has 0 aromatic heterocycles. The van der Waals surface area contributed by atoms with E-state index in [0.717, 1.165) is 13.8 Å². The first kappa shape index (κ1) is 56.3. The average Bonchev–Trinajstić information content (AvgIpc) is 3.29. The van der Waals surface area contributed by atoms with Gasteiger partial charge in [-0.3, -0.25) is 9.59 Å². The molecule has 19 N–H and O–H groups in total. The van der Waals surface area contributed by atoms with Crippen molar-refractivity contribution in [1.82, 2.24) is 10.6 Å². The lowest BCUT2D eigenvalue weighted by atomic mass is 9.88. The minimum atomic E-state index is -3.19. The molecule has 2 amide bonds. The van der Waals surface area contributed by atoms with Crippen LogP contribution < -0.4 is 10.6 Å². The second kappa shape index (κ2) is 23.8. The summed E-state index contributed by atoms with van der Waals surface area (Å²) in [5, 5.41) is 185. The molecule has 5 rings (SSSR count). The Bertz CT molecular complexity index is 1660. The van der Waals surface area contributed by atoms with Crippen molar-refractivity contribution in [3.63, 3.8) is 0 Å². The largest absolute Gasteiger partial charge is 0.477 e. The number of carbonyl (C=O) groups is 3. The van der Waals surface area contributed by atoms with Crippen molar-refractivity contribution in [1.29, 1.82) is 0 Å². The molecule has 31 heteroatoms. The van der Waals surface area contributed by atoms with E-state index < -0.39 is 216 Å². The van der Waals surface area contributed by atoms with Crippen LogP contribution in [0.15, 0.2) is 0 Å². The zero-order valence-electron chi connectivity index (χ0n) is 36.2. The Labute approximate surface area is 384 Å². The van der Waals surface area contributed by atoms with Crippen LogP contribution in [0.1, 0.15) is 20.3 Å². The van der Waals surface area contributed by atoms with Gasteiger partial charge in [-0.1, -0.05) is 0 Å². The number of carboxylic acid groups (broad SMARTS) is 1. The highest BCUT2D eigenvalue weighted by Crippen LogP contribution is 2.39. The van der Waals surface area contributed by atoms with E-state index in [9.17, 15) is 101 Å². The highest BCUT2D eigenvalue weighted by Gasteiger charge is 2.61. The van der Waals surface area contributed by atoms with E-state index in [4.69, 9.17) is 42.6 Å². The maximum atomic E-state index is 13.0. The number of hydrogen-bond acceptors (Lipinski definition) is 28. The van der Waals surface area contributed by atoms with Gasteiger partial charge in [-0.15, -0.1) is 0 Å². The number of aliphatic carboxylic acids is 1. The number of rotatable bonds is 18. The summed E-state index contributed by atoms with van der Waals surface area (Å²) < 4.78 is 50.7. The molecule has 0 aromatic carbocycles. The van der Waals surface area contributed by atoms with Gasteiger partial charge in [-0.05, 0) is 0 Å². The summed E-state index contributed by atoms with van der Waals surface area (Å²) in [6, 6.07) is -3.51. The van der Waals surface area contributed by atoms with Crippen LogP contribution in [0.25, 0.3) is 0 Å². The summed E-state index contributed by atoms with van der Waals surface area (Å²) >= 11 is 0. The van der Waals surface area contributed by atoms with Gasteiger partial charge in [0.2, 0.25) is 11.8 Å². The number of carbonyl (C=O) groups excluding carboxylic acids is 2. The van der Waals surface area contributed by atoms with Gasteiger partial charge in [0.25, 0.3) is 5.79 Å². The van der Waals surface area contributed by atoms with Crippen LogP contribution in [0, 0.1) is 0 Å². The van der Waals surface area contributed by atoms with Crippen molar-refractivity contribution < 1.29 is 144 Å². The van der Waals surface area contributed by atoms with Gasteiger partial charge in [-0.2, -0.15) is 0 Å². The Morgan fingerprint density at radius 2 is 1.03 bits per heavy atom. The molecule has 394 valence electrons. The summed E-state index contributed by atoms with van der Waals surface area (Å²) in [6.07, 6.45) is -47.6. The maximum Gasteiger partial charge on any atom is 0.364 e. The summed E-state index contributed by atoms with van der Waals surface area (Å²) in [6.45, 7) is -3.28. The fourth-order valence-electron chi connectivity index (χ4n) is 8.53. The molecule has 0 radical (unpaired) electrons. The monoisotopic (exact) mass is 998 g/mol.